The highest BCUT2D eigenvalue weighted by Crippen LogP contribution is 2.29. The lowest BCUT2D eigenvalue weighted by atomic mass is 10.3. The number of guanidine groups is 1. The molecule has 1 aliphatic heterocycles. The Morgan fingerprint density at radius 2 is 2.00 bits per heavy atom. The average molecular weight is 290 g/mol. The highest BCUT2D eigenvalue weighted by molar-refractivity contribution is 5.91. The number of amides is 1. The summed E-state index contributed by atoms with van der Waals surface area (Å²) in [4.78, 5) is 20.6. The summed E-state index contributed by atoms with van der Waals surface area (Å²) in [7, 11) is 1.82. The van der Waals surface area contributed by atoms with E-state index in [9.17, 15) is 4.79 Å². The SMILES string of the molecule is CN=C(NC1CC1C)N1CCN(C(=O)c2ccco2)CC1. The molecular weight excluding hydrogens is 268 g/mol. The number of furan rings is 1. The van der Waals surface area contributed by atoms with Crippen LogP contribution in [0.2, 0.25) is 0 Å². The predicted molar refractivity (Wildman–Crippen MR) is 80.2 cm³/mol. The molecule has 2 aliphatic rings. The van der Waals surface area contributed by atoms with E-state index in [0.717, 1.165) is 25.0 Å². The predicted octanol–water partition coefficient (Wildman–Crippen LogP) is 1.02. The zero-order valence-electron chi connectivity index (χ0n) is 12.6. The minimum Gasteiger partial charge on any atom is -0.459 e. The summed E-state index contributed by atoms with van der Waals surface area (Å²) < 4.78 is 5.18. The first-order chi connectivity index (χ1) is 10.2. The number of hydrogen-bond acceptors (Lipinski definition) is 3. The molecule has 21 heavy (non-hydrogen) atoms. The number of nitrogens with one attached hydrogen (secondary N) is 1. The minimum atomic E-state index is -0.0292. The number of carbonyl (C=O) groups excluding carboxylic acids is 1. The van der Waals surface area contributed by atoms with Gasteiger partial charge in [-0.15, -0.1) is 0 Å². The third kappa shape index (κ3) is 3.04. The maximum absolute atomic E-state index is 12.2. The van der Waals surface area contributed by atoms with Crippen molar-refractivity contribution in [3.8, 4) is 0 Å². The van der Waals surface area contributed by atoms with Gasteiger partial charge in [0.25, 0.3) is 5.91 Å². The highest BCUT2D eigenvalue weighted by atomic mass is 16.3. The minimum absolute atomic E-state index is 0.0292. The van der Waals surface area contributed by atoms with Crippen LogP contribution in [0.15, 0.2) is 27.8 Å². The van der Waals surface area contributed by atoms with Crippen LogP contribution in [0.1, 0.15) is 23.9 Å². The van der Waals surface area contributed by atoms with E-state index in [4.69, 9.17) is 4.42 Å². The normalized spacial score (nSPS) is 25.9. The van der Waals surface area contributed by atoms with Gasteiger partial charge in [0, 0.05) is 39.3 Å². The van der Waals surface area contributed by atoms with Crippen LogP contribution in [0.25, 0.3) is 0 Å². The van der Waals surface area contributed by atoms with Crippen LogP contribution in [0, 0.1) is 5.92 Å². The molecule has 1 aliphatic carbocycles. The van der Waals surface area contributed by atoms with Gasteiger partial charge in [-0.1, -0.05) is 6.92 Å². The van der Waals surface area contributed by atoms with Gasteiger partial charge < -0.3 is 19.5 Å². The van der Waals surface area contributed by atoms with Crippen molar-refractivity contribution in [2.75, 3.05) is 33.2 Å². The molecule has 1 saturated heterocycles. The van der Waals surface area contributed by atoms with E-state index < -0.39 is 0 Å². The number of nitrogens with zero attached hydrogens (tertiary/aromatic N) is 3. The Morgan fingerprint density at radius 1 is 1.33 bits per heavy atom. The molecule has 1 amide bonds. The van der Waals surface area contributed by atoms with Crippen LogP contribution in [-0.2, 0) is 0 Å². The Bertz CT molecular complexity index is 518. The summed E-state index contributed by atoms with van der Waals surface area (Å²) in [5.74, 6) is 2.08. The number of hydrogen-bond donors (Lipinski definition) is 1. The van der Waals surface area contributed by atoms with E-state index in [2.05, 4.69) is 22.1 Å². The second kappa shape index (κ2) is 5.79. The van der Waals surface area contributed by atoms with Crippen LogP contribution in [-0.4, -0.2) is 60.9 Å². The Balaban J connectivity index is 1.53. The fourth-order valence-corrected chi connectivity index (χ4v) is 2.66. The Morgan fingerprint density at radius 3 is 2.52 bits per heavy atom. The van der Waals surface area contributed by atoms with Crippen molar-refractivity contribution in [2.24, 2.45) is 10.9 Å². The molecule has 6 heteroatoms. The van der Waals surface area contributed by atoms with Crippen molar-refractivity contribution in [2.45, 2.75) is 19.4 Å². The van der Waals surface area contributed by atoms with Gasteiger partial charge in [-0.05, 0) is 24.5 Å². The van der Waals surface area contributed by atoms with E-state index in [1.807, 2.05) is 11.9 Å². The van der Waals surface area contributed by atoms with Gasteiger partial charge >= 0.3 is 0 Å². The summed E-state index contributed by atoms with van der Waals surface area (Å²) in [5.41, 5.74) is 0. The summed E-state index contributed by atoms with van der Waals surface area (Å²) in [6, 6.07) is 4.02. The third-order valence-electron chi connectivity index (χ3n) is 4.23. The quantitative estimate of drug-likeness (QED) is 0.652. The van der Waals surface area contributed by atoms with Crippen LogP contribution in [0.5, 0.6) is 0 Å². The number of carbonyl (C=O) groups is 1. The molecule has 3 rings (SSSR count). The molecule has 2 unspecified atom stereocenters. The smallest absolute Gasteiger partial charge is 0.289 e. The van der Waals surface area contributed by atoms with E-state index in [1.54, 1.807) is 12.1 Å². The van der Waals surface area contributed by atoms with Crippen LogP contribution in [0.3, 0.4) is 0 Å². The van der Waals surface area contributed by atoms with Crippen molar-refractivity contribution >= 4 is 11.9 Å². The molecule has 114 valence electrons. The third-order valence-corrected chi connectivity index (χ3v) is 4.23. The molecule has 1 saturated carbocycles. The molecular formula is C15H22N4O2. The number of aliphatic imine (C=N–C) groups is 1. The summed E-state index contributed by atoms with van der Waals surface area (Å²) in [6.45, 7) is 5.23. The molecule has 1 aromatic rings. The van der Waals surface area contributed by atoms with Gasteiger partial charge in [-0.25, -0.2) is 0 Å². The number of piperazine rings is 1. The zero-order valence-corrected chi connectivity index (χ0v) is 12.6. The van der Waals surface area contributed by atoms with Crippen molar-refractivity contribution in [3.63, 3.8) is 0 Å². The van der Waals surface area contributed by atoms with Crippen molar-refractivity contribution in [1.82, 2.24) is 15.1 Å². The lowest BCUT2D eigenvalue weighted by Crippen LogP contribution is -2.54. The monoisotopic (exact) mass is 290 g/mol. The topological polar surface area (TPSA) is 61.1 Å². The Labute approximate surface area is 124 Å². The highest BCUT2D eigenvalue weighted by Gasteiger charge is 2.34. The largest absolute Gasteiger partial charge is 0.459 e. The summed E-state index contributed by atoms with van der Waals surface area (Å²) in [6.07, 6.45) is 2.75. The van der Waals surface area contributed by atoms with Gasteiger partial charge in [0.2, 0.25) is 0 Å². The maximum Gasteiger partial charge on any atom is 0.289 e. The molecule has 0 spiro atoms. The first-order valence-corrected chi connectivity index (χ1v) is 7.50. The Kier molecular flexibility index (Phi) is 3.86. The van der Waals surface area contributed by atoms with E-state index in [0.29, 0.717) is 24.9 Å². The molecule has 0 radical (unpaired) electrons. The Hall–Kier alpha value is -1.98. The fourth-order valence-electron chi connectivity index (χ4n) is 2.66. The molecule has 0 aromatic carbocycles. The molecule has 6 nitrogen and oxygen atoms in total. The second-order valence-electron chi connectivity index (χ2n) is 5.77. The van der Waals surface area contributed by atoms with Crippen LogP contribution < -0.4 is 5.32 Å². The second-order valence-corrected chi connectivity index (χ2v) is 5.77. The van der Waals surface area contributed by atoms with Gasteiger partial charge in [-0.3, -0.25) is 9.79 Å². The zero-order chi connectivity index (χ0) is 14.8. The van der Waals surface area contributed by atoms with Crippen LogP contribution in [0.4, 0.5) is 0 Å². The van der Waals surface area contributed by atoms with Gasteiger partial charge in [0.1, 0.15) is 0 Å². The first-order valence-electron chi connectivity index (χ1n) is 7.50. The van der Waals surface area contributed by atoms with Crippen molar-refractivity contribution in [1.29, 1.82) is 0 Å². The van der Waals surface area contributed by atoms with Gasteiger partial charge in [0.05, 0.1) is 6.26 Å². The maximum atomic E-state index is 12.2. The summed E-state index contributed by atoms with van der Waals surface area (Å²) >= 11 is 0. The van der Waals surface area contributed by atoms with Crippen molar-refractivity contribution in [3.05, 3.63) is 24.2 Å². The lowest BCUT2D eigenvalue weighted by molar-refractivity contribution is 0.0657. The van der Waals surface area contributed by atoms with Gasteiger partial charge in [-0.2, -0.15) is 0 Å². The average Bonchev–Trinajstić information content (AvgIpc) is 2.99. The molecule has 2 heterocycles. The summed E-state index contributed by atoms with van der Waals surface area (Å²) in [5, 5.41) is 3.49. The van der Waals surface area contributed by atoms with E-state index >= 15 is 0 Å². The molecule has 1 aromatic heterocycles. The molecule has 0 bridgehead atoms. The van der Waals surface area contributed by atoms with Crippen LogP contribution >= 0.6 is 0 Å². The molecule has 1 N–H and O–H groups in total. The molecule has 2 atom stereocenters. The lowest BCUT2D eigenvalue weighted by Gasteiger charge is -2.36. The van der Waals surface area contributed by atoms with E-state index in [-0.39, 0.29) is 5.91 Å². The van der Waals surface area contributed by atoms with E-state index in [1.165, 1.54) is 12.7 Å². The fraction of sp³-hybridized carbons (Fsp3) is 0.600. The van der Waals surface area contributed by atoms with Crippen molar-refractivity contribution < 1.29 is 9.21 Å². The molecule has 2 fully saturated rings. The first kappa shape index (κ1) is 14.0. The standard InChI is InChI=1S/C15H22N4O2/c1-11-10-12(11)17-15(16-2)19-7-5-18(6-8-19)14(20)13-4-3-9-21-13/h3-4,9,11-12H,5-8,10H2,1-2H3,(H,16,17). The number of rotatable bonds is 2. The van der Waals surface area contributed by atoms with Gasteiger partial charge in [0.15, 0.2) is 11.7 Å².